The van der Waals surface area contributed by atoms with Crippen LogP contribution in [0.25, 0.3) is 5.82 Å². The summed E-state index contributed by atoms with van der Waals surface area (Å²) >= 11 is 0. The third kappa shape index (κ3) is 4.88. The molecule has 162 valence electrons. The molecule has 4 rings (SSSR count). The second-order valence-corrected chi connectivity index (χ2v) is 9.21. The van der Waals surface area contributed by atoms with Crippen LogP contribution < -0.4 is 4.90 Å². The van der Waals surface area contributed by atoms with Crippen LogP contribution in [0.1, 0.15) is 46.5 Å². The zero-order valence-electron chi connectivity index (χ0n) is 18.1. The van der Waals surface area contributed by atoms with Gasteiger partial charge in [0.1, 0.15) is 17.7 Å². The molecule has 0 unspecified atom stereocenters. The minimum atomic E-state index is -0.435. The van der Waals surface area contributed by atoms with E-state index in [1.807, 2.05) is 31.7 Å². The van der Waals surface area contributed by atoms with Crippen LogP contribution in [0.2, 0.25) is 0 Å². The fraction of sp³-hybridized carbons (Fsp3) is 0.667. The summed E-state index contributed by atoms with van der Waals surface area (Å²) < 4.78 is 7.16. The summed E-state index contributed by atoms with van der Waals surface area (Å²) in [4.78, 5) is 25.2. The van der Waals surface area contributed by atoms with Crippen molar-refractivity contribution in [3.8, 4) is 5.82 Å². The van der Waals surface area contributed by atoms with Crippen molar-refractivity contribution in [3.05, 3.63) is 24.8 Å². The second kappa shape index (κ2) is 8.57. The van der Waals surface area contributed by atoms with Gasteiger partial charge in [0.15, 0.2) is 5.82 Å². The average molecular weight is 414 g/mol. The second-order valence-electron chi connectivity index (χ2n) is 9.21. The van der Waals surface area contributed by atoms with Crippen molar-refractivity contribution in [2.45, 2.75) is 52.1 Å². The number of piperidine rings is 2. The van der Waals surface area contributed by atoms with Gasteiger partial charge in [-0.15, -0.1) is 5.10 Å². The van der Waals surface area contributed by atoms with Gasteiger partial charge < -0.3 is 14.5 Å². The predicted molar refractivity (Wildman–Crippen MR) is 112 cm³/mol. The molecule has 0 aromatic carbocycles. The van der Waals surface area contributed by atoms with E-state index in [9.17, 15) is 4.79 Å². The number of nitrogens with zero attached hydrogens (tertiary/aromatic N) is 7. The Balaban J connectivity index is 1.28. The highest BCUT2D eigenvalue weighted by molar-refractivity contribution is 5.68. The smallest absolute Gasteiger partial charge is 0.410 e. The Hall–Kier alpha value is -2.71. The number of rotatable bonds is 3. The summed E-state index contributed by atoms with van der Waals surface area (Å²) in [6.07, 6.45) is 9.26. The molecule has 0 saturated carbocycles. The highest BCUT2D eigenvalue weighted by Crippen LogP contribution is 2.34. The van der Waals surface area contributed by atoms with Crippen LogP contribution in [0.3, 0.4) is 0 Å². The summed E-state index contributed by atoms with van der Waals surface area (Å²) in [5.41, 5.74) is -0.435. The van der Waals surface area contributed by atoms with Gasteiger partial charge >= 0.3 is 6.09 Å². The quantitative estimate of drug-likeness (QED) is 0.764. The molecule has 2 saturated heterocycles. The van der Waals surface area contributed by atoms with Crippen molar-refractivity contribution >= 4 is 11.9 Å². The molecule has 0 spiro atoms. The molecule has 0 bridgehead atoms. The number of ether oxygens (including phenoxy) is 1. The molecule has 30 heavy (non-hydrogen) atoms. The van der Waals surface area contributed by atoms with Gasteiger partial charge in [-0.25, -0.2) is 19.4 Å². The lowest BCUT2D eigenvalue weighted by molar-refractivity contribution is 0.0152. The maximum atomic E-state index is 12.3. The van der Waals surface area contributed by atoms with Crippen LogP contribution >= 0.6 is 0 Å². The van der Waals surface area contributed by atoms with Gasteiger partial charge in [0.25, 0.3) is 0 Å². The number of likely N-dealkylation sites (tertiary alicyclic amines) is 1. The first-order valence-corrected chi connectivity index (χ1v) is 10.8. The topological polar surface area (TPSA) is 89.3 Å². The monoisotopic (exact) mass is 413 g/mol. The molecule has 9 heteroatoms. The predicted octanol–water partition coefficient (Wildman–Crippen LogP) is 2.92. The molecule has 2 aromatic heterocycles. The van der Waals surface area contributed by atoms with E-state index < -0.39 is 5.60 Å². The maximum Gasteiger partial charge on any atom is 0.410 e. The molecule has 2 aromatic rings. The van der Waals surface area contributed by atoms with Gasteiger partial charge in [0.2, 0.25) is 0 Å². The summed E-state index contributed by atoms with van der Waals surface area (Å²) in [6.45, 7) is 9.32. The molecule has 4 heterocycles. The normalized spacial score (nSPS) is 19.2. The molecule has 0 radical (unpaired) electrons. The van der Waals surface area contributed by atoms with Crippen LogP contribution in [0.15, 0.2) is 24.8 Å². The number of amides is 1. The number of aromatic nitrogens is 5. The Kier molecular flexibility index (Phi) is 5.87. The zero-order valence-corrected chi connectivity index (χ0v) is 18.1. The lowest BCUT2D eigenvalue weighted by Gasteiger charge is -2.40. The molecule has 0 aliphatic carbocycles. The third-order valence-corrected chi connectivity index (χ3v) is 6.02. The summed E-state index contributed by atoms with van der Waals surface area (Å²) in [7, 11) is 0. The van der Waals surface area contributed by atoms with E-state index in [0.717, 1.165) is 63.5 Å². The molecule has 2 aliphatic rings. The average Bonchev–Trinajstić information content (AvgIpc) is 3.28. The molecule has 2 aliphatic heterocycles. The Morgan fingerprint density at radius 3 is 2.23 bits per heavy atom. The van der Waals surface area contributed by atoms with Crippen LogP contribution in [0.5, 0.6) is 0 Å². The van der Waals surface area contributed by atoms with Crippen molar-refractivity contribution in [2.75, 3.05) is 31.1 Å². The third-order valence-electron chi connectivity index (χ3n) is 6.02. The Morgan fingerprint density at radius 2 is 1.63 bits per heavy atom. The largest absolute Gasteiger partial charge is 0.444 e. The van der Waals surface area contributed by atoms with Gasteiger partial charge in [-0.3, -0.25) is 0 Å². The first-order valence-electron chi connectivity index (χ1n) is 10.8. The lowest BCUT2D eigenvalue weighted by Crippen LogP contribution is -2.44. The number of anilines is 1. The first kappa shape index (κ1) is 20.6. The minimum absolute atomic E-state index is 0.178. The highest BCUT2D eigenvalue weighted by atomic mass is 16.6. The Bertz CT molecular complexity index is 833. The van der Waals surface area contributed by atoms with Crippen LogP contribution in [-0.2, 0) is 4.74 Å². The first-order chi connectivity index (χ1) is 14.4. The van der Waals surface area contributed by atoms with E-state index >= 15 is 0 Å². The van der Waals surface area contributed by atoms with E-state index in [1.165, 1.54) is 0 Å². The molecule has 0 N–H and O–H groups in total. The molecular weight excluding hydrogens is 382 g/mol. The van der Waals surface area contributed by atoms with Crippen LogP contribution in [0, 0.1) is 11.8 Å². The van der Waals surface area contributed by atoms with Gasteiger partial charge in [-0.05, 0) is 58.3 Å². The number of carbonyl (C=O) groups is 1. The molecule has 1 amide bonds. The van der Waals surface area contributed by atoms with E-state index in [4.69, 9.17) is 4.74 Å². The fourth-order valence-electron chi connectivity index (χ4n) is 4.45. The Labute approximate surface area is 177 Å². The fourth-order valence-corrected chi connectivity index (χ4v) is 4.45. The zero-order chi connectivity index (χ0) is 21.1. The Morgan fingerprint density at radius 1 is 1.00 bits per heavy atom. The number of carbonyl (C=O) groups excluding carboxylic acids is 1. The SMILES string of the molecule is CC(C)(C)OC(=O)N1CCC(C2CCN(c3cc(-n4ccnn4)ncn3)CC2)CC1. The van der Waals surface area contributed by atoms with E-state index in [1.54, 1.807) is 23.4 Å². The van der Waals surface area contributed by atoms with Crippen molar-refractivity contribution in [3.63, 3.8) is 0 Å². The van der Waals surface area contributed by atoms with Crippen LogP contribution in [-0.4, -0.2) is 67.7 Å². The van der Waals surface area contributed by atoms with Crippen LogP contribution in [0.4, 0.5) is 10.6 Å². The summed E-state index contributed by atoms with van der Waals surface area (Å²) in [5, 5.41) is 7.85. The molecular formula is C21H31N7O2. The minimum Gasteiger partial charge on any atom is -0.444 e. The van der Waals surface area contributed by atoms with Crippen molar-refractivity contribution in [1.29, 1.82) is 0 Å². The van der Waals surface area contributed by atoms with Crippen molar-refractivity contribution < 1.29 is 9.53 Å². The van der Waals surface area contributed by atoms with Gasteiger partial charge in [0, 0.05) is 32.2 Å². The van der Waals surface area contributed by atoms with E-state index in [2.05, 4.69) is 25.2 Å². The highest BCUT2D eigenvalue weighted by Gasteiger charge is 2.32. The summed E-state index contributed by atoms with van der Waals surface area (Å²) in [6, 6.07) is 1.97. The van der Waals surface area contributed by atoms with E-state index in [-0.39, 0.29) is 6.09 Å². The molecule has 0 atom stereocenters. The van der Waals surface area contributed by atoms with Crippen molar-refractivity contribution in [2.24, 2.45) is 11.8 Å². The standard InChI is InChI=1S/C21H31N7O2/c1-21(2,3)30-20(29)27-11-6-17(7-12-27)16-4-9-26(10-5-16)18-14-19(23-15-22-18)28-13-8-24-25-28/h8,13-17H,4-7,9-12H2,1-3H3. The van der Waals surface area contributed by atoms with Gasteiger partial charge in [-0.2, -0.15) is 0 Å². The maximum absolute atomic E-state index is 12.3. The van der Waals surface area contributed by atoms with E-state index in [0.29, 0.717) is 11.8 Å². The van der Waals surface area contributed by atoms with Gasteiger partial charge in [0.05, 0.1) is 12.4 Å². The number of hydrogen-bond acceptors (Lipinski definition) is 7. The van der Waals surface area contributed by atoms with Crippen molar-refractivity contribution in [1.82, 2.24) is 29.9 Å². The lowest BCUT2D eigenvalue weighted by atomic mass is 9.79. The van der Waals surface area contributed by atoms with Gasteiger partial charge in [-0.1, -0.05) is 5.21 Å². The summed E-state index contributed by atoms with van der Waals surface area (Å²) in [5.74, 6) is 3.06. The molecule has 9 nitrogen and oxygen atoms in total. The number of hydrogen-bond donors (Lipinski definition) is 0. The molecule has 2 fully saturated rings.